The number of ether oxygens (including phenoxy) is 1. The lowest BCUT2D eigenvalue weighted by molar-refractivity contribution is -0.0328. The summed E-state index contributed by atoms with van der Waals surface area (Å²) in [5.41, 5.74) is -4.02. The molecule has 0 radical (unpaired) electrons. The molecule has 0 atom stereocenters. The summed E-state index contributed by atoms with van der Waals surface area (Å²) in [5, 5.41) is 5.24. The highest BCUT2D eigenvalue weighted by molar-refractivity contribution is 8.00. The largest absolute Gasteiger partial charge is 0.446 e. The quantitative estimate of drug-likeness (QED) is 0.602. The lowest BCUT2D eigenvalue weighted by atomic mass is 10.3. The first-order valence-corrected chi connectivity index (χ1v) is 8.45. The minimum atomic E-state index is -4.35. The average molecular weight is 363 g/mol. The second-order valence-electron chi connectivity index (χ2n) is 5.26. The molecule has 134 valence electrons. The maximum atomic E-state index is 12.3. The lowest BCUT2D eigenvalue weighted by Gasteiger charge is -2.26. The van der Waals surface area contributed by atoms with E-state index in [0.717, 1.165) is 39.3 Å². The number of nitrogens with one attached hydrogen (secondary N) is 2. The zero-order valence-electron chi connectivity index (χ0n) is 13.1. The van der Waals surface area contributed by atoms with Crippen molar-refractivity contribution in [2.24, 2.45) is 0 Å². The first kappa shape index (κ1) is 18.9. The van der Waals surface area contributed by atoms with Gasteiger partial charge < -0.3 is 15.4 Å². The molecule has 24 heavy (non-hydrogen) atoms. The van der Waals surface area contributed by atoms with Gasteiger partial charge in [0.25, 0.3) is 0 Å². The van der Waals surface area contributed by atoms with Gasteiger partial charge in [-0.2, -0.15) is 13.2 Å². The summed E-state index contributed by atoms with van der Waals surface area (Å²) >= 11 is -0.208. The molecular formula is C15H20F3N3O2S. The number of carbonyl (C=O) groups excluding carboxylic acids is 1. The third-order valence-electron chi connectivity index (χ3n) is 3.37. The van der Waals surface area contributed by atoms with Gasteiger partial charge in [-0.05, 0) is 42.9 Å². The number of hydrogen-bond acceptors (Lipinski definition) is 4. The fourth-order valence-corrected chi connectivity index (χ4v) is 2.88. The molecule has 0 aliphatic carbocycles. The predicted octanol–water partition coefficient (Wildman–Crippen LogP) is 3.14. The van der Waals surface area contributed by atoms with Crippen LogP contribution >= 0.6 is 11.8 Å². The van der Waals surface area contributed by atoms with Crippen molar-refractivity contribution >= 4 is 23.5 Å². The molecule has 0 spiro atoms. The summed E-state index contributed by atoms with van der Waals surface area (Å²) in [6, 6.07) is 5.25. The molecule has 2 amide bonds. The van der Waals surface area contributed by atoms with Gasteiger partial charge in [0.1, 0.15) is 0 Å². The van der Waals surface area contributed by atoms with E-state index in [1.54, 1.807) is 6.07 Å². The Morgan fingerprint density at radius 3 is 2.75 bits per heavy atom. The Bertz CT molecular complexity index is 537. The second kappa shape index (κ2) is 9.14. The van der Waals surface area contributed by atoms with Gasteiger partial charge in [0.05, 0.1) is 13.2 Å². The number of alkyl halides is 3. The molecule has 1 aromatic carbocycles. The van der Waals surface area contributed by atoms with Crippen LogP contribution in [0.15, 0.2) is 29.2 Å². The number of carbonyl (C=O) groups is 1. The number of nitrogens with zero attached hydrogens (tertiary/aromatic N) is 1. The molecule has 2 rings (SSSR count). The Hall–Kier alpha value is -1.45. The Morgan fingerprint density at radius 1 is 1.29 bits per heavy atom. The summed E-state index contributed by atoms with van der Waals surface area (Å²) in [4.78, 5) is 14.1. The standard InChI is InChI=1S/C15H20F3N3O2S/c16-15(17,18)24-13-4-1-3-12(11-13)20-14(22)19-5-2-6-21-7-9-23-10-8-21/h1,3-4,11H,2,5-10H2,(H2,19,20,22). The van der Waals surface area contributed by atoms with Crippen molar-refractivity contribution in [3.8, 4) is 0 Å². The highest BCUT2D eigenvalue weighted by atomic mass is 32.2. The predicted molar refractivity (Wildman–Crippen MR) is 87.3 cm³/mol. The first-order valence-electron chi connectivity index (χ1n) is 7.63. The number of hydrogen-bond donors (Lipinski definition) is 2. The molecule has 1 heterocycles. The normalized spacial score (nSPS) is 16.0. The van der Waals surface area contributed by atoms with Crippen LogP contribution < -0.4 is 10.6 Å². The molecule has 2 N–H and O–H groups in total. The molecule has 1 aromatic rings. The number of halogens is 3. The average Bonchev–Trinajstić information content (AvgIpc) is 2.51. The third kappa shape index (κ3) is 7.41. The summed E-state index contributed by atoms with van der Waals surface area (Å²) in [5.74, 6) is 0. The van der Waals surface area contributed by atoms with E-state index >= 15 is 0 Å². The molecule has 1 aliphatic heterocycles. The fraction of sp³-hybridized carbons (Fsp3) is 0.533. The van der Waals surface area contributed by atoms with Gasteiger partial charge in [-0.1, -0.05) is 6.07 Å². The van der Waals surface area contributed by atoms with E-state index < -0.39 is 11.5 Å². The number of thioether (sulfide) groups is 1. The summed E-state index contributed by atoms with van der Waals surface area (Å²) < 4.78 is 42.3. The minimum Gasteiger partial charge on any atom is -0.379 e. The van der Waals surface area contributed by atoms with Gasteiger partial charge in [0, 0.05) is 30.2 Å². The van der Waals surface area contributed by atoms with Crippen LogP contribution in [0.1, 0.15) is 6.42 Å². The monoisotopic (exact) mass is 363 g/mol. The summed E-state index contributed by atoms with van der Waals surface area (Å²) in [6.07, 6.45) is 0.803. The van der Waals surface area contributed by atoms with Gasteiger partial charge >= 0.3 is 11.5 Å². The summed E-state index contributed by atoms with van der Waals surface area (Å²) in [7, 11) is 0. The van der Waals surface area contributed by atoms with Crippen molar-refractivity contribution in [3.63, 3.8) is 0 Å². The van der Waals surface area contributed by atoms with Crippen molar-refractivity contribution in [2.45, 2.75) is 16.8 Å². The SMILES string of the molecule is O=C(NCCCN1CCOCC1)Nc1cccc(SC(F)(F)F)c1. The lowest BCUT2D eigenvalue weighted by Crippen LogP contribution is -2.38. The molecule has 0 bridgehead atoms. The number of amides is 2. The molecule has 0 unspecified atom stereocenters. The van der Waals surface area contributed by atoms with Crippen molar-refractivity contribution in [2.75, 3.05) is 44.7 Å². The molecular weight excluding hydrogens is 343 g/mol. The Morgan fingerprint density at radius 2 is 2.04 bits per heavy atom. The van der Waals surface area contributed by atoms with Crippen LogP contribution in [0.2, 0.25) is 0 Å². The Balaban J connectivity index is 1.69. The van der Waals surface area contributed by atoms with Crippen molar-refractivity contribution in [1.82, 2.24) is 10.2 Å². The molecule has 1 saturated heterocycles. The van der Waals surface area contributed by atoms with Crippen molar-refractivity contribution in [3.05, 3.63) is 24.3 Å². The number of anilines is 1. The Kier molecular flexibility index (Phi) is 7.19. The highest BCUT2D eigenvalue weighted by Gasteiger charge is 2.29. The van der Waals surface area contributed by atoms with Gasteiger partial charge in [-0.25, -0.2) is 4.79 Å². The molecule has 0 saturated carbocycles. The van der Waals surface area contributed by atoms with Crippen LogP contribution in [-0.2, 0) is 4.74 Å². The molecule has 9 heteroatoms. The third-order valence-corrected chi connectivity index (χ3v) is 4.09. The first-order chi connectivity index (χ1) is 11.4. The van der Waals surface area contributed by atoms with Gasteiger partial charge in [0.15, 0.2) is 0 Å². The number of morpholine rings is 1. The van der Waals surface area contributed by atoms with Crippen LogP contribution in [0.25, 0.3) is 0 Å². The number of rotatable bonds is 6. The van der Waals surface area contributed by atoms with Gasteiger partial charge in [0.2, 0.25) is 0 Å². The maximum Gasteiger partial charge on any atom is 0.446 e. The molecule has 1 aliphatic rings. The van der Waals surface area contributed by atoms with Crippen LogP contribution in [0, 0.1) is 0 Å². The molecule has 5 nitrogen and oxygen atoms in total. The fourth-order valence-electron chi connectivity index (χ4n) is 2.28. The van der Waals surface area contributed by atoms with Gasteiger partial charge in [-0.3, -0.25) is 4.90 Å². The van der Waals surface area contributed by atoms with E-state index in [1.807, 2.05) is 0 Å². The van der Waals surface area contributed by atoms with Crippen LogP contribution in [0.5, 0.6) is 0 Å². The van der Waals surface area contributed by atoms with Crippen LogP contribution in [0.4, 0.5) is 23.7 Å². The maximum absolute atomic E-state index is 12.3. The van der Waals surface area contributed by atoms with E-state index in [-0.39, 0.29) is 16.7 Å². The van der Waals surface area contributed by atoms with E-state index in [0.29, 0.717) is 12.2 Å². The van der Waals surface area contributed by atoms with E-state index in [1.165, 1.54) is 18.2 Å². The second-order valence-corrected chi connectivity index (χ2v) is 6.40. The zero-order chi connectivity index (χ0) is 17.4. The summed E-state index contributed by atoms with van der Waals surface area (Å²) in [6.45, 7) is 4.65. The zero-order valence-corrected chi connectivity index (χ0v) is 13.9. The van der Waals surface area contributed by atoms with Crippen LogP contribution in [-0.4, -0.2) is 55.8 Å². The smallest absolute Gasteiger partial charge is 0.379 e. The minimum absolute atomic E-state index is 0.0348. The highest BCUT2D eigenvalue weighted by Crippen LogP contribution is 2.37. The van der Waals surface area contributed by atoms with E-state index in [2.05, 4.69) is 15.5 Å². The van der Waals surface area contributed by atoms with Crippen molar-refractivity contribution in [1.29, 1.82) is 0 Å². The topological polar surface area (TPSA) is 53.6 Å². The van der Waals surface area contributed by atoms with Gasteiger partial charge in [-0.15, -0.1) is 0 Å². The van der Waals surface area contributed by atoms with Crippen LogP contribution in [0.3, 0.4) is 0 Å². The number of benzene rings is 1. The van der Waals surface area contributed by atoms with E-state index in [4.69, 9.17) is 4.74 Å². The molecule has 0 aromatic heterocycles. The van der Waals surface area contributed by atoms with E-state index in [9.17, 15) is 18.0 Å². The Labute approximate surface area is 142 Å². The van der Waals surface area contributed by atoms with Crippen molar-refractivity contribution < 1.29 is 22.7 Å². The molecule has 1 fully saturated rings. The number of urea groups is 1.